The summed E-state index contributed by atoms with van der Waals surface area (Å²) in [7, 11) is 0. The van der Waals surface area contributed by atoms with Gasteiger partial charge in [-0.3, -0.25) is 0 Å². The molecule has 0 radical (unpaired) electrons. The molecule has 0 aliphatic heterocycles. The third-order valence-corrected chi connectivity index (χ3v) is 12.8. The molecule has 0 saturated heterocycles. The van der Waals surface area contributed by atoms with Gasteiger partial charge in [0, 0.05) is 27.8 Å². The molecular weight excluding hydrogens is 663 g/mol. The van der Waals surface area contributed by atoms with Crippen LogP contribution in [0.1, 0.15) is 47.6 Å². The van der Waals surface area contributed by atoms with Crippen LogP contribution in [0, 0.1) is 0 Å². The minimum absolute atomic E-state index is 0.141. The highest BCUT2D eigenvalue weighted by Crippen LogP contribution is 2.54. The standard InChI is InChI=1S/C54H37N/c1-54(2)48-21-10-9-18-41(48)45-27-29-50-52(53(45)54)47-32-37(24-28-49(47)55(50)38-25-22-33-12-3-4-14-35(33)30-38)36-23-26-44-46(31-36)40-17-7-8-19-43(40)51(44)42-20-11-15-34-13-5-6-16-39(34)42/h3-32,51H,1-2H3. The van der Waals surface area contributed by atoms with Gasteiger partial charge in [0.2, 0.25) is 0 Å². The van der Waals surface area contributed by atoms with E-state index in [4.69, 9.17) is 0 Å². The van der Waals surface area contributed by atoms with Crippen molar-refractivity contribution in [3.8, 4) is 39.1 Å². The normalized spacial score (nSPS) is 15.1. The second-order valence-electron chi connectivity index (χ2n) is 16.0. The molecule has 0 amide bonds. The van der Waals surface area contributed by atoms with Gasteiger partial charge < -0.3 is 4.57 Å². The van der Waals surface area contributed by atoms with Crippen molar-refractivity contribution in [3.05, 3.63) is 210 Å². The van der Waals surface area contributed by atoms with Crippen molar-refractivity contribution in [1.82, 2.24) is 4.57 Å². The number of hydrogen-bond acceptors (Lipinski definition) is 0. The van der Waals surface area contributed by atoms with Gasteiger partial charge in [-0.25, -0.2) is 0 Å². The van der Waals surface area contributed by atoms with E-state index in [2.05, 4.69) is 200 Å². The maximum Gasteiger partial charge on any atom is 0.0544 e. The molecule has 1 unspecified atom stereocenters. The average molecular weight is 700 g/mol. The lowest BCUT2D eigenvalue weighted by Gasteiger charge is -2.22. The maximum absolute atomic E-state index is 2.49. The number of nitrogens with zero attached hydrogens (tertiary/aromatic N) is 1. The Morgan fingerprint density at radius 3 is 2.00 bits per heavy atom. The first-order chi connectivity index (χ1) is 27.0. The fourth-order valence-electron chi connectivity index (χ4n) is 10.4. The third-order valence-electron chi connectivity index (χ3n) is 12.8. The summed E-state index contributed by atoms with van der Waals surface area (Å²) in [6.07, 6.45) is 0. The summed E-state index contributed by atoms with van der Waals surface area (Å²) >= 11 is 0. The zero-order valence-electron chi connectivity index (χ0n) is 30.8. The Hall–Kier alpha value is -6.70. The molecule has 55 heavy (non-hydrogen) atoms. The summed E-state index contributed by atoms with van der Waals surface area (Å²) in [6.45, 7) is 4.81. The number of rotatable bonds is 3. The summed E-state index contributed by atoms with van der Waals surface area (Å²) in [5.74, 6) is 0.195. The van der Waals surface area contributed by atoms with Crippen molar-refractivity contribution >= 4 is 43.4 Å². The molecule has 0 saturated carbocycles. The Kier molecular flexibility index (Phi) is 6.24. The van der Waals surface area contributed by atoms with Gasteiger partial charge in [-0.2, -0.15) is 0 Å². The van der Waals surface area contributed by atoms with E-state index in [1.54, 1.807) is 0 Å². The highest BCUT2D eigenvalue weighted by molar-refractivity contribution is 6.15. The molecule has 1 atom stereocenters. The average Bonchev–Trinajstić information content (AvgIpc) is 3.83. The van der Waals surface area contributed by atoms with E-state index in [9.17, 15) is 0 Å². The third kappa shape index (κ3) is 4.24. The van der Waals surface area contributed by atoms with E-state index in [1.807, 2.05) is 0 Å². The smallest absolute Gasteiger partial charge is 0.0544 e. The van der Waals surface area contributed by atoms with Gasteiger partial charge in [0.05, 0.1) is 11.0 Å². The largest absolute Gasteiger partial charge is 0.309 e. The summed E-state index contributed by atoms with van der Waals surface area (Å²) in [5, 5.41) is 7.77. The summed E-state index contributed by atoms with van der Waals surface area (Å²) in [6, 6.07) is 68.3. The Labute approximate surface area is 320 Å². The van der Waals surface area contributed by atoms with Crippen LogP contribution in [-0.2, 0) is 5.41 Å². The van der Waals surface area contributed by atoms with Gasteiger partial charge in [-0.1, -0.05) is 159 Å². The maximum atomic E-state index is 2.49. The zero-order chi connectivity index (χ0) is 36.4. The second-order valence-corrected chi connectivity index (χ2v) is 16.0. The van der Waals surface area contributed by atoms with Crippen molar-refractivity contribution in [3.63, 3.8) is 0 Å². The predicted octanol–water partition coefficient (Wildman–Crippen LogP) is 14.2. The van der Waals surface area contributed by atoms with Crippen molar-refractivity contribution in [2.24, 2.45) is 0 Å². The lowest BCUT2D eigenvalue weighted by molar-refractivity contribution is 0.666. The Morgan fingerprint density at radius 2 is 1.09 bits per heavy atom. The van der Waals surface area contributed by atoms with Gasteiger partial charge >= 0.3 is 0 Å². The first kappa shape index (κ1) is 30.7. The molecule has 1 nitrogen and oxygen atoms in total. The van der Waals surface area contributed by atoms with E-state index in [0.29, 0.717) is 0 Å². The van der Waals surface area contributed by atoms with Crippen LogP contribution in [0.25, 0.3) is 82.4 Å². The Balaban J connectivity index is 1.09. The Bertz CT molecular complexity index is 3240. The van der Waals surface area contributed by atoms with E-state index in [-0.39, 0.29) is 11.3 Å². The van der Waals surface area contributed by atoms with Gasteiger partial charge in [0.1, 0.15) is 0 Å². The predicted molar refractivity (Wildman–Crippen MR) is 232 cm³/mol. The molecule has 9 aromatic carbocycles. The second kappa shape index (κ2) is 11.2. The first-order valence-corrected chi connectivity index (χ1v) is 19.5. The molecule has 0 bridgehead atoms. The molecule has 1 heterocycles. The van der Waals surface area contributed by atoms with Crippen LogP contribution >= 0.6 is 0 Å². The van der Waals surface area contributed by atoms with E-state index >= 15 is 0 Å². The number of benzene rings is 9. The van der Waals surface area contributed by atoms with Crippen LogP contribution in [0.5, 0.6) is 0 Å². The molecule has 2 aliphatic rings. The van der Waals surface area contributed by atoms with E-state index in [1.165, 1.54) is 110 Å². The molecule has 12 rings (SSSR count). The van der Waals surface area contributed by atoms with E-state index in [0.717, 1.165) is 0 Å². The zero-order valence-corrected chi connectivity index (χ0v) is 30.8. The monoisotopic (exact) mass is 699 g/mol. The molecule has 1 heteroatoms. The molecule has 0 spiro atoms. The molecule has 1 aromatic heterocycles. The van der Waals surface area contributed by atoms with Gasteiger partial charge in [-0.05, 0) is 119 Å². The van der Waals surface area contributed by atoms with Crippen molar-refractivity contribution < 1.29 is 0 Å². The van der Waals surface area contributed by atoms with Crippen molar-refractivity contribution in [2.45, 2.75) is 25.2 Å². The van der Waals surface area contributed by atoms with Crippen molar-refractivity contribution in [2.75, 3.05) is 0 Å². The highest BCUT2D eigenvalue weighted by Gasteiger charge is 2.38. The summed E-state index contributed by atoms with van der Waals surface area (Å²) < 4.78 is 2.49. The van der Waals surface area contributed by atoms with Crippen LogP contribution < -0.4 is 0 Å². The molecule has 0 N–H and O–H groups in total. The minimum Gasteiger partial charge on any atom is -0.309 e. The summed E-state index contributed by atoms with van der Waals surface area (Å²) in [5.41, 5.74) is 18.4. The molecular formula is C54H37N. The molecule has 2 aliphatic carbocycles. The Morgan fingerprint density at radius 1 is 0.418 bits per heavy atom. The lowest BCUT2D eigenvalue weighted by Crippen LogP contribution is -2.15. The quantitative estimate of drug-likeness (QED) is 0.173. The lowest BCUT2D eigenvalue weighted by atomic mass is 9.80. The topological polar surface area (TPSA) is 4.93 Å². The van der Waals surface area contributed by atoms with Crippen LogP contribution in [0.2, 0.25) is 0 Å². The molecule has 258 valence electrons. The first-order valence-electron chi connectivity index (χ1n) is 19.5. The fourth-order valence-corrected chi connectivity index (χ4v) is 10.4. The van der Waals surface area contributed by atoms with Gasteiger partial charge in [-0.15, -0.1) is 0 Å². The SMILES string of the molecule is CC1(C)c2ccccc2-c2ccc3c(c21)c1cc(-c2ccc4c(c2)-c2ccccc2C4c2cccc4ccccc24)ccc1n3-c1ccc2ccccc2c1. The van der Waals surface area contributed by atoms with Crippen LogP contribution in [0.15, 0.2) is 182 Å². The highest BCUT2D eigenvalue weighted by atomic mass is 15.0. The minimum atomic E-state index is -0.141. The van der Waals surface area contributed by atoms with Gasteiger partial charge in [0.25, 0.3) is 0 Å². The van der Waals surface area contributed by atoms with Gasteiger partial charge in [0.15, 0.2) is 0 Å². The van der Waals surface area contributed by atoms with Crippen LogP contribution in [-0.4, -0.2) is 4.57 Å². The number of hydrogen-bond donors (Lipinski definition) is 0. The molecule has 0 fully saturated rings. The summed E-state index contributed by atoms with van der Waals surface area (Å²) in [4.78, 5) is 0. The number of fused-ring (bicyclic) bond motifs is 12. The molecule has 10 aromatic rings. The van der Waals surface area contributed by atoms with Crippen LogP contribution in [0.3, 0.4) is 0 Å². The van der Waals surface area contributed by atoms with Crippen molar-refractivity contribution in [1.29, 1.82) is 0 Å². The fraction of sp³-hybridized carbons (Fsp3) is 0.0741. The number of aromatic nitrogens is 1. The van der Waals surface area contributed by atoms with E-state index < -0.39 is 0 Å². The van der Waals surface area contributed by atoms with Crippen LogP contribution in [0.4, 0.5) is 0 Å².